The Balaban J connectivity index is 2.19. The van der Waals surface area contributed by atoms with Gasteiger partial charge >= 0.3 is 5.97 Å². The third-order valence-electron chi connectivity index (χ3n) is 1.70. The standard InChI is InChI=1S/C10H16N2O4/c1-7(2)5-15-4-3-11-10-12-8(6-16-10)9(13)14/h6-7H,3-5H2,1-2H3,(H,11,12)(H,13,14). The van der Waals surface area contributed by atoms with E-state index in [1.165, 1.54) is 0 Å². The van der Waals surface area contributed by atoms with Crippen LogP contribution >= 0.6 is 0 Å². The topological polar surface area (TPSA) is 84.6 Å². The van der Waals surface area contributed by atoms with E-state index in [4.69, 9.17) is 14.3 Å². The van der Waals surface area contributed by atoms with Crippen molar-refractivity contribution < 1.29 is 19.1 Å². The molecule has 2 N–H and O–H groups in total. The molecule has 1 rings (SSSR count). The Morgan fingerprint density at radius 1 is 1.69 bits per heavy atom. The molecule has 0 unspecified atom stereocenters. The first-order valence-electron chi connectivity index (χ1n) is 5.10. The Kier molecular flexibility index (Phi) is 4.78. The lowest BCUT2D eigenvalue weighted by Crippen LogP contribution is -2.12. The summed E-state index contributed by atoms with van der Waals surface area (Å²) in [5.41, 5.74) is -0.106. The number of ether oxygens (including phenoxy) is 1. The van der Waals surface area contributed by atoms with Gasteiger partial charge in [0, 0.05) is 13.2 Å². The number of anilines is 1. The molecule has 0 aliphatic rings. The summed E-state index contributed by atoms with van der Waals surface area (Å²) in [6.45, 7) is 5.91. The summed E-state index contributed by atoms with van der Waals surface area (Å²) in [5.74, 6) is -0.604. The van der Waals surface area contributed by atoms with E-state index in [2.05, 4.69) is 24.1 Å². The van der Waals surface area contributed by atoms with Crippen LogP contribution in [0.3, 0.4) is 0 Å². The minimum atomic E-state index is -1.10. The van der Waals surface area contributed by atoms with E-state index in [0.29, 0.717) is 25.7 Å². The van der Waals surface area contributed by atoms with E-state index < -0.39 is 5.97 Å². The molecule has 0 aliphatic heterocycles. The Morgan fingerprint density at radius 3 is 3.00 bits per heavy atom. The molecular formula is C10H16N2O4. The molecule has 1 aromatic heterocycles. The van der Waals surface area contributed by atoms with Crippen LogP contribution in [0.15, 0.2) is 10.7 Å². The van der Waals surface area contributed by atoms with E-state index in [0.717, 1.165) is 6.26 Å². The molecule has 1 heterocycles. The van der Waals surface area contributed by atoms with Crippen molar-refractivity contribution in [1.29, 1.82) is 0 Å². The minimum Gasteiger partial charge on any atom is -0.476 e. The lowest BCUT2D eigenvalue weighted by atomic mass is 10.2. The number of nitrogens with zero attached hydrogens (tertiary/aromatic N) is 1. The summed E-state index contributed by atoms with van der Waals surface area (Å²) in [5, 5.41) is 11.4. The van der Waals surface area contributed by atoms with Gasteiger partial charge in [0.2, 0.25) is 0 Å². The Labute approximate surface area is 93.6 Å². The second kappa shape index (κ2) is 6.12. The van der Waals surface area contributed by atoms with Gasteiger partial charge in [0.15, 0.2) is 5.69 Å². The monoisotopic (exact) mass is 228 g/mol. The maximum Gasteiger partial charge on any atom is 0.357 e. The molecule has 0 aliphatic carbocycles. The molecule has 0 radical (unpaired) electrons. The molecular weight excluding hydrogens is 212 g/mol. The van der Waals surface area contributed by atoms with Crippen LogP contribution in [0, 0.1) is 5.92 Å². The highest BCUT2D eigenvalue weighted by Gasteiger charge is 2.09. The molecule has 0 aromatic carbocycles. The Bertz CT molecular complexity index is 335. The molecule has 0 fully saturated rings. The average Bonchev–Trinajstić information content (AvgIpc) is 2.65. The molecule has 0 atom stereocenters. The van der Waals surface area contributed by atoms with Crippen molar-refractivity contribution in [2.75, 3.05) is 25.1 Å². The van der Waals surface area contributed by atoms with E-state index in [1.54, 1.807) is 0 Å². The van der Waals surface area contributed by atoms with Crippen LogP contribution in [-0.2, 0) is 4.74 Å². The number of carboxylic acids is 1. The van der Waals surface area contributed by atoms with Gasteiger partial charge < -0.3 is 19.6 Å². The summed E-state index contributed by atoms with van der Waals surface area (Å²) < 4.78 is 10.2. The summed E-state index contributed by atoms with van der Waals surface area (Å²) in [4.78, 5) is 14.2. The minimum absolute atomic E-state index is 0.106. The van der Waals surface area contributed by atoms with Crippen LogP contribution in [0.5, 0.6) is 0 Å². The van der Waals surface area contributed by atoms with Crippen molar-refractivity contribution in [3.8, 4) is 0 Å². The van der Waals surface area contributed by atoms with Gasteiger partial charge in [-0.3, -0.25) is 0 Å². The van der Waals surface area contributed by atoms with Gasteiger partial charge in [0.25, 0.3) is 6.01 Å². The number of oxazole rings is 1. The predicted octanol–water partition coefficient (Wildman–Crippen LogP) is 1.46. The first-order valence-corrected chi connectivity index (χ1v) is 5.10. The molecule has 0 saturated heterocycles. The number of carbonyl (C=O) groups is 1. The van der Waals surface area contributed by atoms with Gasteiger partial charge in [0.05, 0.1) is 6.61 Å². The van der Waals surface area contributed by atoms with Crippen LogP contribution in [0.25, 0.3) is 0 Å². The number of hydrogen-bond donors (Lipinski definition) is 2. The third-order valence-corrected chi connectivity index (χ3v) is 1.70. The van der Waals surface area contributed by atoms with Gasteiger partial charge in [-0.05, 0) is 5.92 Å². The fraction of sp³-hybridized carbons (Fsp3) is 0.600. The van der Waals surface area contributed by atoms with Crippen molar-refractivity contribution in [3.05, 3.63) is 12.0 Å². The lowest BCUT2D eigenvalue weighted by Gasteiger charge is -2.06. The second-order valence-electron chi connectivity index (χ2n) is 3.74. The predicted molar refractivity (Wildman–Crippen MR) is 57.6 cm³/mol. The number of carboxylic acid groups (broad SMARTS) is 1. The highest BCUT2D eigenvalue weighted by Crippen LogP contribution is 2.06. The second-order valence-corrected chi connectivity index (χ2v) is 3.74. The molecule has 0 saturated carbocycles. The van der Waals surface area contributed by atoms with Crippen molar-refractivity contribution in [3.63, 3.8) is 0 Å². The number of nitrogens with one attached hydrogen (secondary N) is 1. The zero-order valence-corrected chi connectivity index (χ0v) is 9.40. The fourth-order valence-electron chi connectivity index (χ4n) is 1.00. The van der Waals surface area contributed by atoms with E-state index in [-0.39, 0.29) is 11.7 Å². The number of hydrogen-bond acceptors (Lipinski definition) is 5. The summed E-state index contributed by atoms with van der Waals surface area (Å²) in [6.07, 6.45) is 1.10. The van der Waals surface area contributed by atoms with Crippen molar-refractivity contribution in [2.24, 2.45) is 5.92 Å². The van der Waals surface area contributed by atoms with Crippen molar-refractivity contribution >= 4 is 12.0 Å². The molecule has 6 heteroatoms. The Hall–Kier alpha value is -1.56. The molecule has 6 nitrogen and oxygen atoms in total. The van der Waals surface area contributed by atoms with Crippen molar-refractivity contribution in [2.45, 2.75) is 13.8 Å². The van der Waals surface area contributed by atoms with E-state index in [9.17, 15) is 4.79 Å². The van der Waals surface area contributed by atoms with Gasteiger partial charge in [-0.15, -0.1) is 0 Å². The highest BCUT2D eigenvalue weighted by molar-refractivity contribution is 5.85. The van der Waals surface area contributed by atoms with E-state index in [1.807, 2.05) is 0 Å². The molecule has 90 valence electrons. The fourth-order valence-corrected chi connectivity index (χ4v) is 1.00. The number of aromatic carboxylic acids is 1. The van der Waals surface area contributed by atoms with Crippen LogP contribution in [-0.4, -0.2) is 35.8 Å². The smallest absolute Gasteiger partial charge is 0.357 e. The molecule has 1 aromatic rings. The van der Waals surface area contributed by atoms with Gasteiger partial charge in [-0.25, -0.2) is 4.79 Å². The first-order chi connectivity index (χ1) is 7.59. The quantitative estimate of drug-likeness (QED) is 0.687. The van der Waals surface area contributed by atoms with Gasteiger partial charge in [-0.1, -0.05) is 13.8 Å². The van der Waals surface area contributed by atoms with Crippen LogP contribution in [0.2, 0.25) is 0 Å². The summed E-state index contributed by atoms with van der Waals surface area (Å²) in [7, 11) is 0. The Morgan fingerprint density at radius 2 is 2.44 bits per heavy atom. The molecule has 0 bridgehead atoms. The normalized spacial score (nSPS) is 10.7. The molecule has 0 amide bonds. The first kappa shape index (κ1) is 12.5. The van der Waals surface area contributed by atoms with E-state index >= 15 is 0 Å². The van der Waals surface area contributed by atoms with Gasteiger partial charge in [-0.2, -0.15) is 4.98 Å². The zero-order valence-electron chi connectivity index (χ0n) is 9.40. The van der Waals surface area contributed by atoms with Crippen LogP contribution < -0.4 is 5.32 Å². The highest BCUT2D eigenvalue weighted by atomic mass is 16.5. The zero-order chi connectivity index (χ0) is 12.0. The maximum absolute atomic E-state index is 10.5. The van der Waals surface area contributed by atoms with Gasteiger partial charge in [0.1, 0.15) is 6.26 Å². The summed E-state index contributed by atoms with van der Waals surface area (Å²) >= 11 is 0. The molecule has 16 heavy (non-hydrogen) atoms. The molecule has 0 spiro atoms. The van der Waals surface area contributed by atoms with Crippen LogP contribution in [0.1, 0.15) is 24.3 Å². The maximum atomic E-state index is 10.5. The lowest BCUT2D eigenvalue weighted by molar-refractivity contribution is 0.0690. The summed E-state index contributed by atoms with van der Waals surface area (Å²) in [6, 6.07) is 0.200. The SMILES string of the molecule is CC(C)COCCNc1nc(C(=O)O)co1. The number of rotatable bonds is 7. The average molecular weight is 228 g/mol. The number of aromatic nitrogens is 1. The third kappa shape index (κ3) is 4.31. The van der Waals surface area contributed by atoms with Crippen LogP contribution in [0.4, 0.5) is 6.01 Å². The largest absolute Gasteiger partial charge is 0.476 e. The van der Waals surface area contributed by atoms with Crippen molar-refractivity contribution in [1.82, 2.24) is 4.98 Å².